The highest BCUT2D eigenvalue weighted by Crippen LogP contribution is 2.29. The molecule has 1 aromatic rings. The van der Waals surface area contributed by atoms with Gasteiger partial charge in [-0.1, -0.05) is 0 Å². The van der Waals surface area contributed by atoms with Gasteiger partial charge in [0, 0.05) is 25.3 Å². The molecule has 1 aliphatic carbocycles. The summed E-state index contributed by atoms with van der Waals surface area (Å²) >= 11 is 0. The molecule has 1 fully saturated rings. The number of fused-ring (bicyclic) bond motifs is 1. The fourth-order valence-electron chi connectivity index (χ4n) is 2.08. The molecule has 166 valence electrons. The van der Waals surface area contributed by atoms with Crippen molar-refractivity contribution in [1.29, 1.82) is 0 Å². The Balaban J connectivity index is 0.000000255. The van der Waals surface area contributed by atoms with Crippen LogP contribution in [0.15, 0.2) is 0 Å². The van der Waals surface area contributed by atoms with Gasteiger partial charge in [0.15, 0.2) is 0 Å². The molecule has 0 spiro atoms. The number of alkyl halides is 6. The first-order chi connectivity index (χ1) is 13.2. The number of halogens is 6. The molecule has 0 bridgehead atoms. The molecule has 3 rings (SSSR count). The average Bonchev–Trinajstić information content (AvgIpc) is 3.21. The van der Waals surface area contributed by atoms with E-state index >= 15 is 0 Å². The molecule has 0 aromatic carbocycles. The van der Waals surface area contributed by atoms with Gasteiger partial charge in [0.05, 0.1) is 18.0 Å². The van der Waals surface area contributed by atoms with Crippen LogP contribution in [0.25, 0.3) is 0 Å². The molecule has 1 aliphatic heterocycles. The van der Waals surface area contributed by atoms with Crippen LogP contribution < -0.4 is 0 Å². The zero-order valence-electron chi connectivity index (χ0n) is 15.1. The molecule has 3 N–H and O–H groups in total. The third kappa shape index (κ3) is 9.13. The predicted octanol–water partition coefficient (Wildman–Crippen LogP) is 2.55. The van der Waals surface area contributed by atoms with Gasteiger partial charge in [0.2, 0.25) is 0 Å². The normalized spacial score (nSPS) is 16.2. The fourth-order valence-corrected chi connectivity index (χ4v) is 2.08. The van der Waals surface area contributed by atoms with E-state index in [4.69, 9.17) is 24.5 Å². The standard InChI is InChI=1S/C11H17N3O.2C2HF3O2/c1-14-4-9-10(5-14)12-13-11(9)7-15-6-8-2-3-8;2*3-2(4,5)1(6)7/h8H,2-7H2,1H3,(H,12,13);2*(H,6,7). The Morgan fingerprint density at radius 1 is 1.10 bits per heavy atom. The minimum absolute atomic E-state index is 0.677. The van der Waals surface area contributed by atoms with E-state index in [0.29, 0.717) is 6.61 Å². The van der Waals surface area contributed by atoms with E-state index < -0.39 is 24.3 Å². The number of rotatable bonds is 4. The van der Waals surface area contributed by atoms with Crippen LogP contribution in [-0.4, -0.2) is 63.3 Å². The van der Waals surface area contributed by atoms with Crippen LogP contribution in [0.3, 0.4) is 0 Å². The highest BCUT2D eigenvalue weighted by molar-refractivity contribution is 5.73. The van der Waals surface area contributed by atoms with Gasteiger partial charge in [-0.05, 0) is 25.8 Å². The highest BCUT2D eigenvalue weighted by atomic mass is 19.4. The molecule has 2 aliphatic rings. The van der Waals surface area contributed by atoms with Crippen LogP contribution in [0.4, 0.5) is 26.3 Å². The molecule has 2 heterocycles. The molecule has 1 aromatic heterocycles. The predicted molar refractivity (Wildman–Crippen MR) is 83.5 cm³/mol. The number of H-pyrrole nitrogens is 1. The maximum Gasteiger partial charge on any atom is 0.490 e. The monoisotopic (exact) mass is 435 g/mol. The molecule has 0 unspecified atom stereocenters. The van der Waals surface area contributed by atoms with Gasteiger partial charge in [0.1, 0.15) is 0 Å². The summed E-state index contributed by atoms with van der Waals surface area (Å²) in [4.78, 5) is 20.1. The number of nitrogens with one attached hydrogen (secondary N) is 1. The van der Waals surface area contributed by atoms with Crippen molar-refractivity contribution in [3.8, 4) is 0 Å². The quantitative estimate of drug-likeness (QED) is 0.623. The summed E-state index contributed by atoms with van der Waals surface area (Å²) in [6.07, 6.45) is -7.47. The van der Waals surface area contributed by atoms with E-state index in [1.807, 2.05) is 0 Å². The zero-order chi connectivity index (χ0) is 22.4. The Labute approximate surface area is 160 Å². The van der Waals surface area contributed by atoms with Crippen molar-refractivity contribution >= 4 is 11.9 Å². The molecule has 0 amide bonds. The number of ether oxygens (including phenoxy) is 1. The lowest BCUT2D eigenvalue weighted by Crippen LogP contribution is -2.21. The number of aromatic nitrogens is 2. The summed E-state index contributed by atoms with van der Waals surface area (Å²) in [6.45, 7) is 3.59. The van der Waals surface area contributed by atoms with Crippen molar-refractivity contribution in [2.24, 2.45) is 5.92 Å². The summed E-state index contributed by atoms with van der Waals surface area (Å²) in [5, 5.41) is 21.7. The Morgan fingerprint density at radius 3 is 2.00 bits per heavy atom. The van der Waals surface area contributed by atoms with E-state index in [1.54, 1.807) is 0 Å². The van der Waals surface area contributed by atoms with Crippen LogP contribution >= 0.6 is 0 Å². The van der Waals surface area contributed by atoms with E-state index in [9.17, 15) is 26.3 Å². The van der Waals surface area contributed by atoms with Crippen molar-refractivity contribution < 1.29 is 50.9 Å². The first-order valence-electron chi connectivity index (χ1n) is 8.13. The van der Waals surface area contributed by atoms with Gasteiger partial charge in [-0.3, -0.25) is 10.00 Å². The van der Waals surface area contributed by atoms with E-state index in [0.717, 1.165) is 31.3 Å². The van der Waals surface area contributed by atoms with Crippen LogP contribution in [0.5, 0.6) is 0 Å². The lowest BCUT2D eigenvalue weighted by molar-refractivity contribution is -0.193. The third-order valence-corrected chi connectivity index (χ3v) is 3.67. The summed E-state index contributed by atoms with van der Waals surface area (Å²) in [7, 11) is 2.13. The minimum Gasteiger partial charge on any atom is -0.475 e. The van der Waals surface area contributed by atoms with Gasteiger partial charge in [-0.2, -0.15) is 31.4 Å². The summed E-state index contributed by atoms with van der Waals surface area (Å²) in [6, 6.07) is 0. The van der Waals surface area contributed by atoms with Crippen molar-refractivity contribution in [2.45, 2.75) is 44.9 Å². The largest absolute Gasteiger partial charge is 0.490 e. The zero-order valence-corrected chi connectivity index (χ0v) is 15.1. The van der Waals surface area contributed by atoms with Crippen LogP contribution in [0.1, 0.15) is 29.8 Å². The average molecular weight is 435 g/mol. The topological polar surface area (TPSA) is 116 Å². The summed E-state index contributed by atoms with van der Waals surface area (Å²) in [5.74, 6) is -4.68. The SMILES string of the molecule is CN1Cc2[nH]nc(COCC3CC3)c2C1.O=C(O)C(F)(F)F.O=C(O)C(F)(F)F. The fraction of sp³-hybridized carbons (Fsp3) is 0.667. The number of aliphatic carboxylic acids is 2. The van der Waals surface area contributed by atoms with Crippen LogP contribution in [-0.2, 0) is 34.0 Å². The Hall–Kier alpha value is -2.35. The molecular weight excluding hydrogens is 416 g/mol. The van der Waals surface area contributed by atoms with Crippen molar-refractivity contribution in [3.05, 3.63) is 17.0 Å². The number of carbonyl (C=O) groups is 2. The molecule has 14 heteroatoms. The van der Waals surface area contributed by atoms with E-state index in [1.165, 1.54) is 24.1 Å². The third-order valence-electron chi connectivity index (χ3n) is 3.67. The lowest BCUT2D eigenvalue weighted by atomic mass is 10.2. The summed E-state index contributed by atoms with van der Waals surface area (Å²) in [5.41, 5.74) is 3.73. The minimum atomic E-state index is -5.08. The maximum absolute atomic E-state index is 10.6. The number of hydrogen-bond acceptors (Lipinski definition) is 5. The molecule has 0 radical (unpaired) electrons. The van der Waals surface area contributed by atoms with Crippen molar-refractivity contribution in [3.63, 3.8) is 0 Å². The molecule has 0 saturated heterocycles. The maximum atomic E-state index is 10.6. The molecule has 29 heavy (non-hydrogen) atoms. The van der Waals surface area contributed by atoms with Crippen molar-refractivity contribution in [2.75, 3.05) is 13.7 Å². The van der Waals surface area contributed by atoms with Gasteiger partial charge in [-0.15, -0.1) is 0 Å². The van der Waals surface area contributed by atoms with Gasteiger partial charge < -0.3 is 14.9 Å². The first kappa shape index (κ1) is 24.7. The van der Waals surface area contributed by atoms with Crippen molar-refractivity contribution in [1.82, 2.24) is 15.1 Å². The second kappa shape index (κ2) is 9.91. The van der Waals surface area contributed by atoms with E-state index in [-0.39, 0.29) is 0 Å². The summed E-state index contributed by atoms with van der Waals surface area (Å²) < 4.78 is 69.1. The molecule has 1 saturated carbocycles. The second-order valence-corrected chi connectivity index (χ2v) is 6.36. The van der Waals surface area contributed by atoms with Crippen LogP contribution in [0.2, 0.25) is 0 Å². The number of hydrogen-bond donors (Lipinski definition) is 3. The highest BCUT2D eigenvalue weighted by Gasteiger charge is 2.38. The number of carboxylic acids is 2. The van der Waals surface area contributed by atoms with Crippen LogP contribution in [0, 0.1) is 5.92 Å². The first-order valence-corrected chi connectivity index (χ1v) is 8.13. The number of carboxylic acid groups (broad SMARTS) is 2. The number of aromatic amines is 1. The molecule has 0 atom stereocenters. The van der Waals surface area contributed by atoms with Gasteiger partial charge in [0.25, 0.3) is 0 Å². The molecular formula is C15H19F6N3O5. The second-order valence-electron chi connectivity index (χ2n) is 6.36. The Bertz CT molecular complexity index is 676. The smallest absolute Gasteiger partial charge is 0.475 e. The van der Waals surface area contributed by atoms with Gasteiger partial charge >= 0.3 is 24.3 Å². The number of nitrogens with zero attached hydrogens (tertiary/aromatic N) is 2. The van der Waals surface area contributed by atoms with E-state index in [2.05, 4.69) is 22.1 Å². The van der Waals surface area contributed by atoms with Gasteiger partial charge in [-0.25, -0.2) is 9.59 Å². The Kier molecular flexibility index (Phi) is 8.44. The Morgan fingerprint density at radius 2 is 1.59 bits per heavy atom. The lowest BCUT2D eigenvalue weighted by Gasteiger charge is -2.06. The molecule has 8 nitrogen and oxygen atoms in total.